The maximum absolute atomic E-state index is 12.9. The van der Waals surface area contributed by atoms with Crippen LogP contribution in [0.25, 0.3) is 0 Å². The van der Waals surface area contributed by atoms with Crippen LogP contribution in [0.15, 0.2) is 42.6 Å². The van der Waals surface area contributed by atoms with E-state index in [2.05, 4.69) is 10.3 Å². The van der Waals surface area contributed by atoms with E-state index in [9.17, 15) is 14.7 Å². The summed E-state index contributed by atoms with van der Waals surface area (Å²) in [5.41, 5.74) is 0.296. The highest BCUT2D eigenvalue weighted by molar-refractivity contribution is 6.00. The Kier molecular flexibility index (Phi) is 5.30. The number of aliphatic carboxylic acids is 1. The van der Waals surface area contributed by atoms with Crippen molar-refractivity contribution in [3.63, 3.8) is 0 Å². The number of nitrogens with zero attached hydrogens (tertiary/aromatic N) is 2. The normalized spacial score (nSPS) is 19.0. The van der Waals surface area contributed by atoms with Crippen LogP contribution in [0.4, 0.5) is 11.5 Å². The lowest BCUT2D eigenvalue weighted by Crippen LogP contribution is -2.35. The molecule has 0 bridgehead atoms. The van der Waals surface area contributed by atoms with E-state index >= 15 is 0 Å². The average Bonchev–Trinajstić information content (AvgIpc) is 3.07. The molecule has 1 unspecified atom stereocenters. The molecule has 0 spiro atoms. The zero-order valence-electron chi connectivity index (χ0n) is 15.4. The minimum Gasteiger partial charge on any atom is -0.494 e. The number of carbonyl (C=O) groups is 2. The van der Waals surface area contributed by atoms with Crippen LogP contribution >= 0.6 is 0 Å². The van der Waals surface area contributed by atoms with Gasteiger partial charge >= 0.3 is 5.97 Å². The Morgan fingerprint density at radius 3 is 2.67 bits per heavy atom. The molecule has 3 rings (SSSR count). The van der Waals surface area contributed by atoms with Gasteiger partial charge in [-0.25, -0.2) is 4.98 Å². The highest BCUT2D eigenvalue weighted by Crippen LogP contribution is 2.32. The summed E-state index contributed by atoms with van der Waals surface area (Å²) in [6.45, 7) is 4.80. The van der Waals surface area contributed by atoms with Crippen LogP contribution in [0.1, 0.15) is 30.6 Å². The number of benzene rings is 1. The lowest BCUT2D eigenvalue weighted by molar-refractivity contribution is -0.147. The predicted octanol–water partition coefficient (Wildman–Crippen LogP) is 3.16. The smallest absolute Gasteiger partial charge is 0.311 e. The van der Waals surface area contributed by atoms with Crippen LogP contribution in [0, 0.1) is 5.41 Å². The molecule has 2 heterocycles. The Morgan fingerprint density at radius 2 is 2.04 bits per heavy atom. The van der Waals surface area contributed by atoms with Crippen molar-refractivity contribution in [1.29, 1.82) is 0 Å². The van der Waals surface area contributed by atoms with Gasteiger partial charge in [0, 0.05) is 25.0 Å². The standard InChI is InChI=1S/C20H23N3O4/c1-3-27-15-8-6-14(7-9-15)22-17-16(5-4-11-21-17)18(24)23-12-10-20(2,13-23)19(25)26/h4-9,11H,3,10,12-13H2,1-2H3,(H,21,22)(H,25,26). The molecular formula is C20H23N3O4. The van der Waals surface area contributed by atoms with E-state index in [1.54, 1.807) is 30.2 Å². The van der Waals surface area contributed by atoms with E-state index in [1.165, 1.54) is 0 Å². The number of rotatable bonds is 6. The van der Waals surface area contributed by atoms with Gasteiger partial charge in [-0.3, -0.25) is 9.59 Å². The van der Waals surface area contributed by atoms with Crippen molar-refractivity contribution in [2.45, 2.75) is 20.3 Å². The molecule has 1 amide bonds. The second-order valence-corrected chi connectivity index (χ2v) is 6.82. The molecule has 2 N–H and O–H groups in total. The summed E-state index contributed by atoms with van der Waals surface area (Å²) in [5.74, 6) is 0.110. The number of nitrogens with one attached hydrogen (secondary N) is 1. The molecule has 0 radical (unpaired) electrons. The first-order valence-corrected chi connectivity index (χ1v) is 8.90. The fourth-order valence-electron chi connectivity index (χ4n) is 3.09. The van der Waals surface area contributed by atoms with E-state index in [4.69, 9.17) is 4.74 Å². The average molecular weight is 369 g/mol. The first-order valence-electron chi connectivity index (χ1n) is 8.90. The van der Waals surface area contributed by atoms with Gasteiger partial charge in [0.05, 0.1) is 17.6 Å². The molecule has 1 saturated heterocycles. The van der Waals surface area contributed by atoms with Crippen LogP contribution in [-0.2, 0) is 4.79 Å². The Morgan fingerprint density at radius 1 is 1.30 bits per heavy atom. The van der Waals surface area contributed by atoms with E-state index in [-0.39, 0.29) is 12.5 Å². The molecule has 1 atom stereocenters. The summed E-state index contributed by atoms with van der Waals surface area (Å²) >= 11 is 0. The van der Waals surface area contributed by atoms with Gasteiger partial charge in [-0.2, -0.15) is 0 Å². The lowest BCUT2D eigenvalue weighted by Gasteiger charge is -2.21. The molecule has 0 saturated carbocycles. The zero-order valence-corrected chi connectivity index (χ0v) is 15.4. The number of amides is 1. The third-order valence-corrected chi connectivity index (χ3v) is 4.74. The quantitative estimate of drug-likeness (QED) is 0.813. The van der Waals surface area contributed by atoms with Gasteiger partial charge in [-0.15, -0.1) is 0 Å². The van der Waals surface area contributed by atoms with Crippen molar-refractivity contribution < 1.29 is 19.4 Å². The monoisotopic (exact) mass is 369 g/mol. The fourth-order valence-corrected chi connectivity index (χ4v) is 3.09. The summed E-state index contributed by atoms with van der Waals surface area (Å²) in [6.07, 6.45) is 2.05. The number of carboxylic acid groups (broad SMARTS) is 1. The summed E-state index contributed by atoms with van der Waals surface area (Å²) < 4.78 is 5.43. The molecule has 7 nitrogen and oxygen atoms in total. The Balaban J connectivity index is 1.78. The van der Waals surface area contributed by atoms with Gasteiger partial charge in [0.1, 0.15) is 11.6 Å². The number of carboxylic acids is 1. The fraction of sp³-hybridized carbons (Fsp3) is 0.350. The largest absolute Gasteiger partial charge is 0.494 e. The molecule has 1 aliphatic heterocycles. The maximum atomic E-state index is 12.9. The second-order valence-electron chi connectivity index (χ2n) is 6.82. The van der Waals surface area contributed by atoms with Crippen LogP contribution in [-0.4, -0.2) is 46.6 Å². The predicted molar refractivity (Wildman–Crippen MR) is 101 cm³/mol. The summed E-state index contributed by atoms with van der Waals surface area (Å²) in [5, 5.41) is 12.5. The van der Waals surface area contributed by atoms with Gasteiger partial charge in [0.2, 0.25) is 0 Å². The number of hydrogen-bond donors (Lipinski definition) is 2. The summed E-state index contributed by atoms with van der Waals surface area (Å²) in [4.78, 5) is 30.2. The number of ether oxygens (including phenoxy) is 1. The Hall–Kier alpha value is -3.09. The van der Waals surface area contributed by atoms with Crippen LogP contribution in [0.2, 0.25) is 0 Å². The van der Waals surface area contributed by atoms with Gasteiger partial charge in [-0.1, -0.05) is 0 Å². The number of hydrogen-bond acceptors (Lipinski definition) is 5. The minimum absolute atomic E-state index is 0.193. The topological polar surface area (TPSA) is 91.8 Å². The highest BCUT2D eigenvalue weighted by Gasteiger charge is 2.42. The first-order chi connectivity index (χ1) is 12.9. The number of likely N-dealkylation sites (tertiary alicyclic amines) is 1. The van der Waals surface area contributed by atoms with Crippen molar-refractivity contribution in [2.24, 2.45) is 5.41 Å². The number of pyridine rings is 1. The molecule has 2 aromatic rings. The molecule has 142 valence electrons. The number of anilines is 2. The van der Waals surface area contributed by atoms with Crippen molar-refractivity contribution in [3.8, 4) is 5.75 Å². The lowest BCUT2D eigenvalue weighted by atomic mass is 9.90. The van der Waals surface area contributed by atoms with E-state index in [0.29, 0.717) is 31.0 Å². The second kappa shape index (κ2) is 7.65. The first kappa shape index (κ1) is 18.7. The third-order valence-electron chi connectivity index (χ3n) is 4.74. The van der Waals surface area contributed by atoms with Crippen molar-refractivity contribution in [2.75, 3.05) is 25.0 Å². The molecule has 27 heavy (non-hydrogen) atoms. The van der Waals surface area contributed by atoms with E-state index in [0.717, 1.165) is 11.4 Å². The van der Waals surface area contributed by atoms with Crippen molar-refractivity contribution >= 4 is 23.4 Å². The minimum atomic E-state index is -0.902. The van der Waals surface area contributed by atoms with Gasteiger partial charge in [0.15, 0.2) is 0 Å². The van der Waals surface area contributed by atoms with Crippen molar-refractivity contribution in [3.05, 3.63) is 48.2 Å². The summed E-state index contributed by atoms with van der Waals surface area (Å²) in [7, 11) is 0. The Labute approximate surface area is 158 Å². The van der Waals surface area contributed by atoms with Gasteiger partial charge < -0.3 is 20.1 Å². The maximum Gasteiger partial charge on any atom is 0.311 e. The van der Waals surface area contributed by atoms with Gasteiger partial charge in [-0.05, 0) is 56.7 Å². The molecule has 1 aromatic heterocycles. The van der Waals surface area contributed by atoms with Crippen molar-refractivity contribution in [1.82, 2.24) is 9.88 Å². The molecule has 1 aromatic carbocycles. The molecule has 1 fully saturated rings. The highest BCUT2D eigenvalue weighted by atomic mass is 16.5. The molecule has 0 aliphatic carbocycles. The Bertz CT molecular complexity index is 837. The number of carbonyl (C=O) groups excluding carboxylic acids is 1. The van der Waals surface area contributed by atoms with E-state index < -0.39 is 11.4 Å². The zero-order chi connectivity index (χ0) is 19.4. The van der Waals surface area contributed by atoms with Crippen LogP contribution < -0.4 is 10.1 Å². The SMILES string of the molecule is CCOc1ccc(Nc2ncccc2C(=O)N2CCC(C)(C(=O)O)C2)cc1. The number of aromatic nitrogens is 1. The summed E-state index contributed by atoms with van der Waals surface area (Å²) in [6, 6.07) is 10.8. The van der Waals surface area contributed by atoms with Crippen LogP contribution in [0.3, 0.4) is 0 Å². The van der Waals surface area contributed by atoms with Gasteiger partial charge in [0.25, 0.3) is 5.91 Å². The molecular weight excluding hydrogens is 346 g/mol. The molecule has 7 heteroatoms. The molecule has 1 aliphatic rings. The van der Waals surface area contributed by atoms with E-state index in [1.807, 2.05) is 31.2 Å². The van der Waals surface area contributed by atoms with Crippen LogP contribution in [0.5, 0.6) is 5.75 Å². The third kappa shape index (κ3) is 4.02.